The van der Waals surface area contributed by atoms with Crippen molar-refractivity contribution in [2.45, 2.75) is 58.6 Å². The van der Waals surface area contributed by atoms with Gasteiger partial charge in [-0.25, -0.2) is 9.48 Å². The number of carbonyl (C=O) groups is 2. The molecule has 1 aromatic heterocycles. The number of nitrogens with zero attached hydrogens (tertiary/aromatic N) is 5. The fourth-order valence-electron chi connectivity index (χ4n) is 3.96. The average Bonchev–Trinajstić information content (AvgIpc) is 3.17. The molecule has 0 spiro atoms. The molecule has 182 valence electrons. The lowest BCUT2D eigenvalue weighted by Crippen LogP contribution is -2.43. The second-order valence-corrected chi connectivity index (χ2v) is 9.73. The van der Waals surface area contributed by atoms with Crippen LogP contribution >= 0.6 is 0 Å². The van der Waals surface area contributed by atoms with E-state index in [1.165, 1.54) is 17.6 Å². The highest BCUT2D eigenvalue weighted by Gasteiger charge is 2.39. The van der Waals surface area contributed by atoms with Crippen LogP contribution < -0.4 is 4.90 Å². The minimum absolute atomic E-state index is 0.0448. The molecule has 0 radical (unpaired) electrons. The van der Waals surface area contributed by atoms with Gasteiger partial charge in [-0.05, 0) is 44.4 Å². The first-order chi connectivity index (χ1) is 16.0. The number of likely N-dealkylation sites (N-methyl/N-ethyl adjacent to an activating group) is 1. The maximum absolute atomic E-state index is 12.9. The number of hydrogen-bond donors (Lipinski definition) is 0. The maximum Gasteiger partial charge on any atom is 0.411 e. The molecular formula is C25H33N5O4. The summed E-state index contributed by atoms with van der Waals surface area (Å²) in [4.78, 5) is 28.0. The summed E-state index contributed by atoms with van der Waals surface area (Å²) < 4.78 is 12.2. The van der Waals surface area contributed by atoms with E-state index >= 15 is 0 Å². The maximum atomic E-state index is 12.9. The number of esters is 1. The van der Waals surface area contributed by atoms with E-state index in [1.54, 1.807) is 37.4 Å². The molecule has 34 heavy (non-hydrogen) atoms. The Morgan fingerprint density at radius 3 is 2.44 bits per heavy atom. The van der Waals surface area contributed by atoms with E-state index in [2.05, 4.69) is 32.0 Å². The largest absolute Gasteiger partial charge is 0.468 e. The lowest BCUT2D eigenvalue weighted by atomic mass is 9.98. The summed E-state index contributed by atoms with van der Waals surface area (Å²) in [5, 5.41) is 14.9. The van der Waals surface area contributed by atoms with Gasteiger partial charge in [-0.3, -0.25) is 9.69 Å². The van der Waals surface area contributed by atoms with Crippen molar-refractivity contribution in [1.82, 2.24) is 14.7 Å². The summed E-state index contributed by atoms with van der Waals surface area (Å²) in [7, 11) is 3.04. The monoisotopic (exact) mass is 467 g/mol. The van der Waals surface area contributed by atoms with Gasteiger partial charge in [-0.15, -0.1) is 5.10 Å². The molecule has 1 aromatic carbocycles. The standard InChI is InChI=1S/C25H33N5O4/c1-16(2)17-8-10-18(11-9-17)30-19-12-13-29(24(32)34-25(3,4)5)20(14-26)22(19)23(27-30)28(6)15-21(31)33-7/h8-11,16,20H,12-13,15H2,1-7H3/t20-/m0/s1. The number of fused-ring (bicyclic) bond motifs is 1. The third-order valence-corrected chi connectivity index (χ3v) is 5.69. The Hall–Kier alpha value is -3.54. The lowest BCUT2D eigenvalue weighted by Gasteiger charge is -2.34. The Balaban J connectivity index is 2.11. The molecule has 2 heterocycles. The summed E-state index contributed by atoms with van der Waals surface area (Å²) in [6.07, 6.45) is -0.0714. The molecule has 3 rings (SSSR count). The Kier molecular flexibility index (Phi) is 7.20. The summed E-state index contributed by atoms with van der Waals surface area (Å²) in [6.45, 7) is 9.90. The number of rotatable bonds is 5. The van der Waals surface area contributed by atoms with Crippen LogP contribution in [0, 0.1) is 11.3 Å². The topological polar surface area (TPSA) is 101 Å². The van der Waals surface area contributed by atoms with Gasteiger partial charge in [0.1, 0.15) is 12.1 Å². The number of aromatic nitrogens is 2. The van der Waals surface area contributed by atoms with Crippen molar-refractivity contribution in [2.24, 2.45) is 0 Å². The van der Waals surface area contributed by atoms with Crippen LogP contribution in [0.5, 0.6) is 0 Å². The quantitative estimate of drug-likeness (QED) is 0.614. The van der Waals surface area contributed by atoms with E-state index in [-0.39, 0.29) is 6.54 Å². The van der Waals surface area contributed by atoms with E-state index in [1.807, 2.05) is 12.1 Å². The van der Waals surface area contributed by atoms with Gasteiger partial charge in [-0.1, -0.05) is 26.0 Å². The molecule has 0 N–H and O–H groups in total. The predicted octanol–water partition coefficient (Wildman–Crippen LogP) is 3.96. The van der Waals surface area contributed by atoms with Gasteiger partial charge in [0.2, 0.25) is 0 Å². The Morgan fingerprint density at radius 2 is 1.91 bits per heavy atom. The molecule has 2 aromatic rings. The van der Waals surface area contributed by atoms with Crippen molar-refractivity contribution >= 4 is 17.9 Å². The van der Waals surface area contributed by atoms with Crippen molar-refractivity contribution in [3.63, 3.8) is 0 Å². The third-order valence-electron chi connectivity index (χ3n) is 5.69. The number of nitriles is 1. The normalized spacial score (nSPS) is 15.5. The Labute approximate surface area is 200 Å². The highest BCUT2D eigenvalue weighted by Crippen LogP contribution is 2.38. The molecular weight excluding hydrogens is 434 g/mol. The molecule has 0 aliphatic carbocycles. The minimum Gasteiger partial charge on any atom is -0.468 e. The number of carbonyl (C=O) groups excluding carboxylic acids is 2. The van der Waals surface area contributed by atoms with Crippen molar-refractivity contribution in [2.75, 3.05) is 32.1 Å². The van der Waals surface area contributed by atoms with Crippen LogP contribution in [0.25, 0.3) is 5.69 Å². The number of methoxy groups -OCH3 is 1. The molecule has 1 amide bonds. The molecule has 9 nitrogen and oxygen atoms in total. The average molecular weight is 468 g/mol. The van der Waals surface area contributed by atoms with Crippen LogP contribution in [0.15, 0.2) is 24.3 Å². The van der Waals surface area contributed by atoms with Crippen LogP contribution in [0.4, 0.5) is 10.6 Å². The first kappa shape index (κ1) is 25.1. The molecule has 1 atom stereocenters. The molecule has 0 unspecified atom stereocenters. The zero-order chi connectivity index (χ0) is 25.2. The summed E-state index contributed by atoms with van der Waals surface area (Å²) in [5.74, 6) is 0.418. The van der Waals surface area contributed by atoms with Gasteiger partial charge in [0.25, 0.3) is 0 Å². The fourth-order valence-corrected chi connectivity index (χ4v) is 3.96. The number of benzene rings is 1. The molecule has 0 saturated heterocycles. The lowest BCUT2D eigenvalue weighted by molar-refractivity contribution is -0.138. The van der Waals surface area contributed by atoms with Gasteiger partial charge in [-0.2, -0.15) is 5.26 Å². The van der Waals surface area contributed by atoms with Crippen LogP contribution in [0.2, 0.25) is 0 Å². The van der Waals surface area contributed by atoms with Crippen molar-refractivity contribution in [3.8, 4) is 11.8 Å². The fraction of sp³-hybridized carbons (Fsp3) is 0.520. The van der Waals surface area contributed by atoms with Crippen LogP contribution in [0.1, 0.15) is 63.4 Å². The van der Waals surface area contributed by atoms with Crippen molar-refractivity contribution in [1.29, 1.82) is 5.26 Å². The van der Waals surface area contributed by atoms with Gasteiger partial charge in [0.15, 0.2) is 11.9 Å². The third kappa shape index (κ3) is 5.16. The summed E-state index contributed by atoms with van der Waals surface area (Å²) >= 11 is 0. The minimum atomic E-state index is -0.905. The second-order valence-electron chi connectivity index (χ2n) is 9.73. The van der Waals surface area contributed by atoms with E-state index in [0.717, 1.165) is 11.4 Å². The number of ether oxygens (including phenoxy) is 2. The molecule has 0 bridgehead atoms. The summed E-state index contributed by atoms with van der Waals surface area (Å²) in [6, 6.07) is 9.46. The Morgan fingerprint density at radius 1 is 1.26 bits per heavy atom. The number of amides is 1. The highest BCUT2D eigenvalue weighted by molar-refractivity contribution is 5.76. The van der Waals surface area contributed by atoms with Gasteiger partial charge < -0.3 is 14.4 Å². The van der Waals surface area contributed by atoms with E-state index in [0.29, 0.717) is 30.3 Å². The molecule has 0 fully saturated rings. The number of anilines is 1. The first-order valence-corrected chi connectivity index (χ1v) is 11.4. The highest BCUT2D eigenvalue weighted by atomic mass is 16.6. The van der Waals surface area contributed by atoms with Gasteiger partial charge >= 0.3 is 12.1 Å². The van der Waals surface area contributed by atoms with Crippen LogP contribution in [-0.2, 0) is 20.7 Å². The van der Waals surface area contributed by atoms with E-state index < -0.39 is 23.7 Å². The first-order valence-electron chi connectivity index (χ1n) is 11.4. The molecule has 1 aliphatic heterocycles. The smallest absolute Gasteiger partial charge is 0.411 e. The van der Waals surface area contributed by atoms with E-state index in [4.69, 9.17) is 14.6 Å². The SMILES string of the molecule is COC(=O)CN(C)c1nn(-c2ccc(C(C)C)cc2)c2c1[C@H](C#N)N(C(=O)OC(C)(C)C)CC2. The Bertz CT molecular complexity index is 1090. The predicted molar refractivity (Wildman–Crippen MR) is 128 cm³/mol. The van der Waals surface area contributed by atoms with E-state index in [9.17, 15) is 14.9 Å². The zero-order valence-corrected chi connectivity index (χ0v) is 21.0. The van der Waals surface area contributed by atoms with Crippen LogP contribution in [-0.4, -0.2) is 59.6 Å². The molecule has 0 saturated carbocycles. The van der Waals surface area contributed by atoms with Crippen molar-refractivity contribution in [3.05, 3.63) is 41.1 Å². The van der Waals surface area contributed by atoms with Gasteiger partial charge in [0.05, 0.1) is 30.1 Å². The molecule has 1 aliphatic rings. The summed E-state index contributed by atoms with van der Waals surface area (Å²) in [5.41, 5.74) is 2.79. The zero-order valence-electron chi connectivity index (χ0n) is 21.0. The number of hydrogen-bond acceptors (Lipinski definition) is 7. The second kappa shape index (κ2) is 9.75. The van der Waals surface area contributed by atoms with Gasteiger partial charge in [0, 0.05) is 20.0 Å². The van der Waals surface area contributed by atoms with Crippen molar-refractivity contribution < 1.29 is 19.1 Å². The molecule has 9 heteroatoms. The van der Waals surface area contributed by atoms with Crippen LogP contribution in [0.3, 0.4) is 0 Å².